The van der Waals surface area contributed by atoms with Gasteiger partial charge in [-0.15, -0.1) is 13.2 Å². The molecular formula is C20H7ClF10O2. The lowest BCUT2D eigenvalue weighted by Gasteiger charge is -2.20. The van der Waals surface area contributed by atoms with Gasteiger partial charge in [-0.3, -0.25) is 0 Å². The van der Waals surface area contributed by atoms with Gasteiger partial charge in [0.25, 0.3) is 0 Å². The van der Waals surface area contributed by atoms with Crippen molar-refractivity contribution in [3.63, 3.8) is 0 Å². The molecule has 0 unspecified atom stereocenters. The van der Waals surface area contributed by atoms with Gasteiger partial charge in [0.2, 0.25) is 5.75 Å². The van der Waals surface area contributed by atoms with Gasteiger partial charge in [-0.05, 0) is 35.9 Å². The SMILES string of the molecule is Fc1cc(Cl)ccc1-c1cc(F)c(C(F)(F)Oc2cc(F)c(OC(F)(F)F)c(F)c2)c(F)c1. The molecule has 0 fully saturated rings. The molecule has 0 radical (unpaired) electrons. The van der Waals surface area contributed by atoms with E-state index in [1.807, 2.05) is 0 Å². The summed E-state index contributed by atoms with van der Waals surface area (Å²) in [7, 11) is 0. The quantitative estimate of drug-likeness (QED) is 0.331. The second-order valence-electron chi connectivity index (χ2n) is 6.32. The Balaban J connectivity index is 1.96. The van der Waals surface area contributed by atoms with Crippen LogP contribution in [0.3, 0.4) is 0 Å². The smallest absolute Gasteiger partial charge is 0.429 e. The van der Waals surface area contributed by atoms with E-state index in [0.29, 0.717) is 12.1 Å². The number of alkyl halides is 5. The van der Waals surface area contributed by atoms with Crippen LogP contribution in [-0.4, -0.2) is 6.36 Å². The van der Waals surface area contributed by atoms with Gasteiger partial charge in [0, 0.05) is 22.7 Å². The fourth-order valence-corrected chi connectivity index (χ4v) is 2.90. The molecule has 0 atom stereocenters. The molecule has 0 N–H and O–H groups in total. The van der Waals surface area contributed by atoms with Gasteiger partial charge in [0.05, 0.1) is 0 Å². The average Bonchev–Trinajstić information content (AvgIpc) is 2.62. The van der Waals surface area contributed by atoms with E-state index in [4.69, 9.17) is 11.6 Å². The van der Waals surface area contributed by atoms with Gasteiger partial charge >= 0.3 is 12.5 Å². The molecule has 0 aliphatic carbocycles. The zero-order valence-electron chi connectivity index (χ0n) is 15.5. The Morgan fingerprint density at radius 3 is 1.67 bits per heavy atom. The van der Waals surface area contributed by atoms with E-state index in [-0.39, 0.29) is 22.7 Å². The summed E-state index contributed by atoms with van der Waals surface area (Å²) in [5.41, 5.74) is -2.86. The van der Waals surface area contributed by atoms with E-state index < -0.39 is 64.2 Å². The average molecular weight is 505 g/mol. The van der Waals surface area contributed by atoms with Crippen LogP contribution in [-0.2, 0) is 6.11 Å². The van der Waals surface area contributed by atoms with Crippen molar-refractivity contribution in [3.05, 3.63) is 82.1 Å². The van der Waals surface area contributed by atoms with Crippen molar-refractivity contribution in [2.24, 2.45) is 0 Å². The molecule has 0 amide bonds. The molecule has 0 spiro atoms. The van der Waals surface area contributed by atoms with E-state index in [2.05, 4.69) is 9.47 Å². The zero-order chi connectivity index (χ0) is 24.7. The monoisotopic (exact) mass is 504 g/mol. The van der Waals surface area contributed by atoms with Crippen LogP contribution >= 0.6 is 11.6 Å². The molecule has 3 rings (SSSR count). The van der Waals surface area contributed by atoms with Crippen molar-refractivity contribution in [1.29, 1.82) is 0 Å². The predicted molar refractivity (Wildman–Crippen MR) is 94.3 cm³/mol. The first kappa shape index (κ1) is 24.5. The van der Waals surface area contributed by atoms with Crippen LogP contribution in [0.2, 0.25) is 5.02 Å². The number of hydrogen-bond donors (Lipinski definition) is 0. The van der Waals surface area contributed by atoms with Crippen molar-refractivity contribution >= 4 is 11.6 Å². The fraction of sp³-hybridized carbons (Fsp3) is 0.100. The summed E-state index contributed by atoms with van der Waals surface area (Å²) in [6, 6.07) is 3.52. The van der Waals surface area contributed by atoms with Crippen LogP contribution < -0.4 is 9.47 Å². The minimum atomic E-state index is -5.49. The normalized spacial score (nSPS) is 12.1. The zero-order valence-corrected chi connectivity index (χ0v) is 16.3. The summed E-state index contributed by atoms with van der Waals surface area (Å²) < 4.78 is 142. The van der Waals surface area contributed by atoms with Gasteiger partial charge in [0.1, 0.15) is 28.8 Å². The molecule has 0 saturated heterocycles. The van der Waals surface area contributed by atoms with E-state index in [1.54, 1.807) is 0 Å². The molecule has 0 aliphatic rings. The highest BCUT2D eigenvalue weighted by Gasteiger charge is 2.42. The van der Waals surface area contributed by atoms with E-state index in [9.17, 15) is 43.9 Å². The first-order valence-electron chi connectivity index (χ1n) is 8.44. The Kier molecular flexibility index (Phi) is 6.42. The first-order chi connectivity index (χ1) is 15.2. The van der Waals surface area contributed by atoms with Gasteiger partial charge in [-0.25, -0.2) is 22.0 Å². The van der Waals surface area contributed by atoms with Crippen molar-refractivity contribution < 1.29 is 53.4 Å². The highest BCUT2D eigenvalue weighted by Crippen LogP contribution is 2.39. The van der Waals surface area contributed by atoms with Crippen LogP contribution in [0.25, 0.3) is 11.1 Å². The molecule has 3 aromatic carbocycles. The maximum atomic E-state index is 14.4. The lowest BCUT2D eigenvalue weighted by atomic mass is 10.0. The summed E-state index contributed by atoms with van der Waals surface area (Å²) in [5.74, 6) is -12.4. The van der Waals surface area contributed by atoms with Crippen LogP contribution in [0, 0.1) is 29.1 Å². The van der Waals surface area contributed by atoms with Crippen molar-refractivity contribution in [1.82, 2.24) is 0 Å². The molecule has 2 nitrogen and oxygen atoms in total. The Hall–Kier alpha value is -3.15. The Morgan fingerprint density at radius 2 is 1.18 bits per heavy atom. The van der Waals surface area contributed by atoms with Gasteiger partial charge in [-0.2, -0.15) is 8.78 Å². The van der Waals surface area contributed by atoms with E-state index >= 15 is 0 Å². The molecule has 0 saturated carbocycles. The molecule has 0 aliphatic heterocycles. The third-order valence-electron chi connectivity index (χ3n) is 4.01. The lowest BCUT2D eigenvalue weighted by Crippen LogP contribution is -2.25. The van der Waals surface area contributed by atoms with Crippen molar-refractivity contribution in [2.75, 3.05) is 0 Å². The first-order valence-corrected chi connectivity index (χ1v) is 8.82. The minimum Gasteiger partial charge on any atom is -0.429 e. The minimum absolute atomic E-state index is 0.0418. The van der Waals surface area contributed by atoms with E-state index in [1.165, 1.54) is 6.07 Å². The predicted octanol–water partition coefficient (Wildman–Crippen LogP) is 7.73. The standard InChI is InChI=1S/C20H7ClF10O2/c21-9-1-2-11(12(22)5-9)8-3-13(23)17(14(24)4-8)19(27,28)32-10-6-15(25)18(16(26)7-10)33-20(29,30)31/h1-7H. The molecule has 0 heterocycles. The van der Waals surface area contributed by atoms with Crippen molar-refractivity contribution in [3.8, 4) is 22.6 Å². The van der Waals surface area contributed by atoms with Crippen LogP contribution in [0.5, 0.6) is 11.5 Å². The highest BCUT2D eigenvalue weighted by molar-refractivity contribution is 6.30. The summed E-state index contributed by atoms with van der Waals surface area (Å²) in [6.07, 6.45) is -10.4. The summed E-state index contributed by atoms with van der Waals surface area (Å²) in [4.78, 5) is 0. The second-order valence-corrected chi connectivity index (χ2v) is 6.76. The fourth-order valence-electron chi connectivity index (χ4n) is 2.74. The lowest BCUT2D eigenvalue weighted by molar-refractivity contribution is -0.276. The molecule has 0 aromatic heterocycles. The maximum Gasteiger partial charge on any atom is 0.573 e. The topological polar surface area (TPSA) is 18.5 Å². The third kappa shape index (κ3) is 5.44. The number of halogens is 11. The van der Waals surface area contributed by atoms with Gasteiger partial charge in [0.15, 0.2) is 11.6 Å². The Bertz CT molecular complexity index is 1160. The number of ether oxygens (including phenoxy) is 2. The number of hydrogen-bond acceptors (Lipinski definition) is 2. The summed E-state index contributed by atoms with van der Waals surface area (Å²) in [6.45, 7) is 0. The number of benzene rings is 3. The highest BCUT2D eigenvalue weighted by atomic mass is 35.5. The molecule has 33 heavy (non-hydrogen) atoms. The molecule has 0 bridgehead atoms. The van der Waals surface area contributed by atoms with Crippen LogP contribution in [0.1, 0.15) is 5.56 Å². The van der Waals surface area contributed by atoms with Crippen LogP contribution in [0.4, 0.5) is 43.9 Å². The van der Waals surface area contributed by atoms with Crippen molar-refractivity contribution in [2.45, 2.75) is 12.5 Å². The summed E-state index contributed by atoms with van der Waals surface area (Å²) >= 11 is 5.57. The molecule has 13 heteroatoms. The molecular weight excluding hydrogens is 498 g/mol. The van der Waals surface area contributed by atoms with Gasteiger partial charge < -0.3 is 9.47 Å². The Labute approximate surface area is 182 Å². The summed E-state index contributed by atoms with van der Waals surface area (Å²) in [5, 5.41) is -0.0418. The third-order valence-corrected chi connectivity index (χ3v) is 4.25. The van der Waals surface area contributed by atoms with Gasteiger partial charge in [-0.1, -0.05) is 11.6 Å². The Morgan fingerprint density at radius 1 is 0.636 bits per heavy atom. The molecule has 176 valence electrons. The van der Waals surface area contributed by atoms with E-state index in [0.717, 1.165) is 12.1 Å². The number of rotatable bonds is 5. The largest absolute Gasteiger partial charge is 0.573 e. The maximum absolute atomic E-state index is 14.4. The van der Waals surface area contributed by atoms with Crippen LogP contribution in [0.15, 0.2) is 42.5 Å². The second kappa shape index (κ2) is 8.65. The molecule has 3 aromatic rings.